The molecule has 2 unspecified atom stereocenters. The number of methoxy groups -OCH3 is 2. The van der Waals surface area contributed by atoms with Crippen molar-refractivity contribution < 1.29 is 28.9 Å². The molecule has 2 atom stereocenters. The maximum absolute atomic E-state index is 13.4. The molecule has 4 rings (SSSR count). The Morgan fingerprint density at radius 2 is 1.85 bits per heavy atom. The zero-order valence-electron chi connectivity index (χ0n) is 18.7. The van der Waals surface area contributed by atoms with E-state index in [2.05, 4.69) is 21.2 Å². The highest BCUT2D eigenvalue weighted by molar-refractivity contribution is 9.10. The van der Waals surface area contributed by atoms with Crippen molar-refractivity contribution in [1.82, 2.24) is 5.32 Å². The second-order valence-corrected chi connectivity index (χ2v) is 8.97. The molecule has 0 radical (unpaired) electrons. The number of hydrogen-bond acceptors (Lipinski definition) is 6. The van der Waals surface area contributed by atoms with Crippen LogP contribution in [0.15, 0.2) is 46.1 Å². The number of allylic oxidation sites excluding steroid dienone is 2. The Hall–Kier alpha value is -3.00. The van der Waals surface area contributed by atoms with Crippen molar-refractivity contribution in [2.45, 2.75) is 38.0 Å². The van der Waals surface area contributed by atoms with Gasteiger partial charge in [0.05, 0.1) is 25.3 Å². The number of benzene rings is 2. The van der Waals surface area contributed by atoms with Crippen molar-refractivity contribution in [3.05, 3.63) is 57.2 Å². The van der Waals surface area contributed by atoms with E-state index in [1.54, 1.807) is 26.4 Å². The van der Waals surface area contributed by atoms with Gasteiger partial charge in [0.25, 0.3) is 0 Å². The molecule has 2 aliphatic rings. The summed E-state index contributed by atoms with van der Waals surface area (Å²) in [7, 11) is 3.19. The Bertz CT molecular complexity index is 1140. The van der Waals surface area contributed by atoms with E-state index in [-0.39, 0.29) is 29.8 Å². The van der Waals surface area contributed by atoms with Crippen molar-refractivity contribution in [3.8, 4) is 23.0 Å². The Kier molecular flexibility index (Phi) is 6.65. The number of phenolic OH excluding ortho intramolecular Hbond substituents is 1. The van der Waals surface area contributed by atoms with E-state index in [0.717, 1.165) is 11.1 Å². The summed E-state index contributed by atoms with van der Waals surface area (Å²) in [5.74, 6) is 0.954. The minimum absolute atomic E-state index is 0.00443. The molecule has 7 nitrogen and oxygen atoms in total. The molecule has 0 saturated carbocycles. The third kappa shape index (κ3) is 4.44. The topological polar surface area (TPSA) is 94.1 Å². The first-order valence-electron chi connectivity index (χ1n) is 10.8. The van der Waals surface area contributed by atoms with Gasteiger partial charge in [-0.1, -0.05) is 0 Å². The van der Waals surface area contributed by atoms with Crippen LogP contribution in [0.4, 0.5) is 0 Å². The van der Waals surface area contributed by atoms with E-state index in [1.807, 2.05) is 25.1 Å². The van der Waals surface area contributed by atoms with Gasteiger partial charge in [0.2, 0.25) is 5.91 Å². The summed E-state index contributed by atoms with van der Waals surface area (Å²) in [6.45, 7) is 2.21. The van der Waals surface area contributed by atoms with Crippen LogP contribution < -0.4 is 19.5 Å². The first-order valence-corrected chi connectivity index (χ1v) is 11.6. The second-order valence-electron chi connectivity index (χ2n) is 8.12. The van der Waals surface area contributed by atoms with Crippen LogP contribution in [0.3, 0.4) is 0 Å². The predicted molar refractivity (Wildman–Crippen MR) is 126 cm³/mol. The zero-order valence-corrected chi connectivity index (χ0v) is 20.3. The highest BCUT2D eigenvalue weighted by Crippen LogP contribution is 2.47. The van der Waals surface area contributed by atoms with E-state index >= 15 is 0 Å². The van der Waals surface area contributed by atoms with Crippen molar-refractivity contribution in [2.75, 3.05) is 20.8 Å². The SMILES string of the molecule is CCOc1cc(C2CC(=O)NC3=C2C(=O)CC(c2cc(OC)ccc2OC)C3)cc(Br)c1O. The van der Waals surface area contributed by atoms with Crippen LogP contribution in [0.25, 0.3) is 0 Å². The number of halogens is 1. The molecule has 1 heterocycles. The molecule has 2 aromatic carbocycles. The number of Topliss-reactive ketones (excluding diaryl/α,β-unsaturated/α-hetero) is 1. The average molecular weight is 516 g/mol. The van der Waals surface area contributed by atoms with Crippen molar-refractivity contribution in [2.24, 2.45) is 0 Å². The molecule has 0 aromatic heterocycles. The van der Waals surface area contributed by atoms with Gasteiger partial charge in [-0.3, -0.25) is 9.59 Å². The van der Waals surface area contributed by atoms with Crippen LogP contribution in [0.5, 0.6) is 23.0 Å². The number of hydrogen-bond donors (Lipinski definition) is 2. The number of nitrogens with one attached hydrogen (secondary N) is 1. The Balaban J connectivity index is 1.75. The largest absolute Gasteiger partial charge is 0.503 e. The second kappa shape index (κ2) is 9.47. The number of ether oxygens (including phenoxy) is 3. The lowest BCUT2D eigenvalue weighted by molar-refractivity contribution is -0.122. The molecular formula is C25H26BrNO6. The monoisotopic (exact) mass is 515 g/mol. The zero-order chi connectivity index (χ0) is 23.7. The van der Waals surface area contributed by atoms with Crippen LogP contribution in [-0.4, -0.2) is 37.6 Å². The van der Waals surface area contributed by atoms with Crippen LogP contribution in [-0.2, 0) is 9.59 Å². The fourth-order valence-electron chi connectivity index (χ4n) is 4.68. The lowest BCUT2D eigenvalue weighted by atomic mass is 9.73. The van der Waals surface area contributed by atoms with Crippen molar-refractivity contribution in [3.63, 3.8) is 0 Å². The van der Waals surface area contributed by atoms with Gasteiger partial charge in [0, 0.05) is 41.5 Å². The summed E-state index contributed by atoms with van der Waals surface area (Å²) >= 11 is 3.36. The van der Waals surface area contributed by atoms with Crippen LogP contribution in [0.1, 0.15) is 49.1 Å². The maximum atomic E-state index is 13.4. The number of phenols is 1. The third-order valence-electron chi connectivity index (χ3n) is 6.17. The predicted octanol–water partition coefficient (Wildman–Crippen LogP) is 4.57. The quantitative estimate of drug-likeness (QED) is 0.584. The fraction of sp³-hybridized carbons (Fsp3) is 0.360. The van der Waals surface area contributed by atoms with E-state index in [4.69, 9.17) is 14.2 Å². The molecule has 33 heavy (non-hydrogen) atoms. The number of ketones is 1. The molecule has 1 amide bonds. The van der Waals surface area contributed by atoms with Gasteiger partial charge in [-0.05, 0) is 65.2 Å². The molecular weight excluding hydrogens is 490 g/mol. The molecule has 0 spiro atoms. The van der Waals surface area contributed by atoms with Gasteiger partial charge in [-0.2, -0.15) is 0 Å². The van der Waals surface area contributed by atoms with E-state index in [9.17, 15) is 14.7 Å². The molecule has 0 fully saturated rings. The molecule has 1 aliphatic heterocycles. The highest BCUT2D eigenvalue weighted by Gasteiger charge is 2.39. The Morgan fingerprint density at radius 1 is 1.06 bits per heavy atom. The Labute approximate surface area is 200 Å². The fourth-order valence-corrected chi connectivity index (χ4v) is 5.14. The molecule has 0 saturated heterocycles. The first-order chi connectivity index (χ1) is 15.9. The van der Waals surface area contributed by atoms with Crippen LogP contribution in [0, 0.1) is 0 Å². The highest BCUT2D eigenvalue weighted by atomic mass is 79.9. The number of aromatic hydroxyl groups is 1. The molecule has 2 N–H and O–H groups in total. The molecule has 0 bridgehead atoms. The number of carbonyl (C=O) groups is 2. The molecule has 174 valence electrons. The molecule has 8 heteroatoms. The summed E-state index contributed by atoms with van der Waals surface area (Å²) < 4.78 is 16.9. The van der Waals surface area contributed by atoms with Gasteiger partial charge in [0.15, 0.2) is 17.3 Å². The lowest BCUT2D eigenvalue weighted by Gasteiger charge is -2.35. The van der Waals surface area contributed by atoms with Gasteiger partial charge >= 0.3 is 0 Å². The van der Waals surface area contributed by atoms with Gasteiger partial charge in [-0.25, -0.2) is 0 Å². The average Bonchev–Trinajstić information content (AvgIpc) is 2.80. The summed E-state index contributed by atoms with van der Waals surface area (Å²) in [5.41, 5.74) is 2.88. The van der Waals surface area contributed by atoms with E-state index in [0.29, 0.717) is 52.4 Å². The number of rotatable bonds is 6. The lowest BCUT2D eigenvalue weighted by Crippen LogP contribution is -2.38. The first kappa shape index (κ1) is 23.2. The van der Waals surface area contributed by atoms with Gasteiger partial charge in [0.1, 0.15) is 11.5 Å². The van der Waals surface area contributed by atoms with E-state index < -0.39 is 5.92 Å². The van der Waals surface area contributed by atoms with Gasteiger partial charge < -0.3 is 24.6 Å². The van der Waals surface area contributed by atoms with Crippen LogP contribution >= 0.6 is 15.9 Å². The molecule has 2 aromatic rings. The normalized spacial score (nSPS) is 20.2. The smallest absolute Gasteiger partial charge is 0.225 e. The van der Waals surface area contributed by atoms with Gasteiger partial charge in [-0.15, -0.1) is 0 Å². The van der Waals surface area contributed by atoms with Crippen molar-refractivity contribution in [1.29, 1.82) is 0 Å². The summed E-state index contributed by atoms with van der Waals surface area (Å²) in [6.07, 6.45) is 0.956. The molecule has 1 aliphatic carbocycles. The number of carbonyl (C=O) groups excluding carboxylic acids is 2. The van der Waals surface area contributed by atoms with Crippen LogP contribution in [0.2, 0.25) is 0 Å². The van der Waals surface area contributed by atoms with E-state index in [1.165, 1.54) is 0 Å². The minimum atomic E-state index is -0.412. The third-order valence-corrected chi connectivity index (χ3v) is 6.77. The number of amides is 1. The standard InChI is InChI=1S/C25H26BrNO6/c1-4-33-22-10-13(7-18(26)25(22)30)17-12-23(29)27-19-8-14(9-20(28)24(17)19)16-11-15(31-2)5-6-21(16)32-3/h5-7,10-11,14,17,30H,4,8-9,12H2,1-3H3,(H,27,29). The summed E-state index contributed by atoms with van der Waals surface area (Å²) in [5, 5.41) is 13.2. The minimum Gasteiger partial charge on any atom is -0.503 e. The van der Waals surface area contributed by atoms with Crippen molar-refractivity contribution >= 4 is 27.6 Å². The maximum Gasteiger partial charge on any atom is 0.225 e. The summed E-state index contributed by atoms with van der Waals surface area (Å²) in [4.78, 5) is 26.1. The Morgan fingerprint density at radius 3 is 2.55 bits per heavy atom. The summed E-state index contributed by atoms with van der Waals surface area (Å²) in [6, 6.07) is 8.98.